The Labute approximate surface area is 106 Å². The van der Waals surface area contributed by atoms with Gasteiger partial charge in [0.05, 0.1) is 6.42 Å². The number of carbonyl (C=O) groups is 2. The maximum atomic E-state index is 12.0. The summed E-state index contributed by atoms with van der Waals surface area (Å²) in [5.74, 6) is -0.375. The van der Waals surface area contributed by atoms with E-state index in [-0.39, 0.29) is 18.2 Å². The molecule has 18 heavy (non-hydrogen) atoms. The first-order chi connectivity index (χ1) is 8.49. The molecule has 1 aliphatic rings. The molecule has 1 aliphatic heterocycles. The monoisotopic (exact) mass is 247 g/mol. The molecule has 1 saturated heterocycles. The molecule has 1 unspecified atom stereocenters. The van der Waals surface area contributed by atoms with Crippen molar-refractivity contribution in [2.45, 2.75) is 19.4 Å². The van der Waals surface area contributed by atoms with Crippen molar-refractivity contribution in [3.63, 3.8) is 0 Å². The normalized spacial score (nSPS) is 19.8. The van der Waals surface area contributed by atoms with E-state index < -0.39 is 6.04 Å². The van der Waals surface area contributed by atoms with E-state index in [1.807, 2.05) is 31.2 Å². The first kappa shape index (κ1) is 12.6. The fourth-order valence-electron chi connectivity index (χ4n) is 2.00. The van der Waals surface area contributed by atoms with Crippen LogP contribution >= 0.6 is 0 Å². The van der Waals surface area contributed by atoms with Crippen LogP contribution in [0.5, 0.6) is 0 Å². The van der Waals surface area contributed by atoms with E-state index >= 15 is 0 Å². The highest BCUT2D eigenvalue weighted by atomic mass is 16.2. The smallest absolute Gasteiger partial charge is 0.266 e. The molecule has 0 aromatic heterocycles. The van der Waals surface area contributed by atoms with Gasteiger partial charge in [0, 0.05) is 19.8 Å². The van der Waals surface area contributed by atoms with Gasteiger partial charge in [0.25, 0.3) is 5.91 Å². The van der Waals surface area contributed by atoms with Gasteiger partial charge in [-0.1, -0.05) is 17.7 Å². The maximum absolute atomic E-state index is 12.0. The number of nitrogens with one attached hydrogen (secondary N) is 1. The van der Waals surface area contributed by atoms with E-state index in [0.717, 1.165) is 11.3 Å². The number of imide groups is 1. The summed E-state index contributed by atoms with van der Waals surface area (Å²) in [5, 5.41) is 5.78. The van der Waals surface area contributed by atoms with Crippen LogP contribution < -0.4 is 5.32 Å². The van der Waals surface area contributed by atoms with Crippen molar-refractivity contribution in [3.8, 4) is 0 Å². The van der Waals surface area contributed by atoms with E-state index in [1.54, 1.807) is 14.1 Å². The second-order valence-electron chi connectivity index (χ2n) is 4.66. The van der Waals surface area contributed by atoms with E-state index in [0.29, 0.717) is 0 Å². The number of rotatable bonds is 3. The molecule has 0 saturated carbocycles. The van der Waals surface area contributed by atoms with Crippen molar-refractivity contribution < 1.29 is 9.59 Å². The topological polar surface area (TPSA) is 52.7 Å². The molecule has 0 bridgehead atoms. The SMILES string of the molecule is Cc1ccc(NC2CC(=O)N(N(C)C)C2=O)cc1. The number of hydrogen-bond acceptors (Lipinski definition) is 4. The fourth-order valence-corrected chi connectivity index (χ4v) is 2.00. The van der Waals surface area contributed by atoms with Crippen LogP contribution in [0.3, 0.4) is 0 Å². The highest BCUT2D eigenvalue weighted by Gasteiger charge is 2.39. The first-order valence-electron chi connectivity index (χ1n) is 5.86. The number of hydrogen-bond donors (Lipinski definition) is 1. The second-order valence-corrected chi connectivity index (χ2v) is 4.66. The summed E-state index contributed by atoms with van der Waals surface area (Å²) in [6.07, 6.45) is 0.199. The van der Waals surface area contributed by atoms with Crippen molar-refractivity contribution in [2.24, 2.45) is 0 Å². The standard InChI is InChI=1S/C13H17N3O2/c1-9-4-6-10(7-5-9)14-11-8-12(17)16(13(11)18)15(2)3/h4-7,11,14H,8H2,1-3H3. The first-order valence-corrected chi connectivity index (χ1v) is 5.86. The van der Waals surface area contributed by atoms with Crippen LogP contribution in [-0.2, 0) is 9.59 Å². The number of aryl methyl sites for hydroxylation is 1. The van der Waals surface area contributed by atoms with Gasteiger partial charge in [0.15, 0.2) is 0 Å². The van der Waals surface area contributed by atoms with Gasteiger partial charge in [-0.2, -0.15) is 0 Å². The highest BCUT2D eigenvalue weighted by molar-refractivity contribution is 6.06. The van der Waals surface area contributed by atoms with Gasteiger partial charge < -0.3 is 5.32 Å². The predicted molar refractivity (Wildman–Crippen MR) is 68.7 cm³/mol. The lowest BCUT2D eigenvalue weighted by atomic mass is 10.2. The number of amides is 2. The number of carbonyl (C=O) groups excluding carboxylic acids is 2. The lowest BCUT2D eigenvalue weighted by Gasteiger charge is -2.22. The molecule has 0 aliphatic carbocycles. The van der Waals surface area contributed by atoms with Crippen LogP contribution in [0.15, 0.2) is 24.3 Å². The maximum Gasteiger partial charge on any atom is 0.266 e. The summed E-state index contributed by atoms with van der Waals surface area (Å²) in [4.78, 5) is 23.7. The van der Waals surface area contributed by atoms with Crippen molar-refractivity contribution in [1.29, 1.82) is 0 Å². The van der Waals surface area contributed by atoms with E-state index in [4.69, 9.17) is 0 Å². The van der Waals surface area contributed by atoms with Crippen LogP contribution in [0, 0.1) is 6.92 Å². The van der Waals surface area contributed by atoms with Gasteiger partial charge in [-0.3, -0.25) is 9.59 Å². The van der Waals surface area contributed by atoms with E-state index in [9.17, 15) is 9.59 Å². The summed E-state index contributed by atoms with van der Waals surface area (Å²) in [5.41, 5.74) is 2.01. The zero-order valence-corrected chi connectivity index (χ0v) is 10.8. The lowest BCUT2D eigenvalue weighted by molar-refractivity contribution is -0.152. The molecule has 96 valence electrons. The van der Waals surface area contributed by atoms with Gasteiger partial charge in [0.1, 0.15) is 6.04 Å². The lowest BCUT2D eigenvalue weighted by Crippen LogP contribution is -2.43. The van der Waals surface area contributed by atoms with Crippen molar-refractivity contribution in [1.82, 2.24) is 10.0 Å². The molecule has 1 aromatic rings. The van der Waals surface area contributed by atoms with Gasteiger partial charge in [-0.05, 0) is 19.1 Å². The molecule has 1 fully saturated rings. The molecule has 5 heteroatoms. The van der Waals surface area contributed by atoms with Gasteiger partial charge in [-0.25, -0.2) is 10.0 Å². The molecule has 5 nitrogen and oxygen atoms in total. The fraction of sp³-hybridized carbons (Fsp3) is 0.385. The Kier molecular flexibility index (Phi) is 3.34. The van der Waals surface area contributed by atoms with Crippen LogP contribution in [0.2, 0.25) is 0 Å². The molecule has 1 N–H and O–H groups in total. The van der Waals surface area contributed by atoms with Crippen molar-refractivity contribution in [3.05, 3.63) is 29.8 Å². The van der Waals surface area contributed by atoms with E-state index in [2.05, 4.69) is 5.32 Å². The largest absolute Gasteiger partial charge is 0.373 e. The minimum absolute atomic E-state index is 0.172. The highest BCUT2D eigenvalue weighted by Crippen LogP contribution is 2.19. The Hall–Kier alpha value is -1.88. The van der Waals surface area contributed by atoms with Crippen LogP contribution in [0.25, 0.3) is 0 Å². The predicted octanol–water partition coefficient (Wildman–Crippen LogP) is 1.01. The van der Waals surface area contributed by atoms with Gasteiger partial charge in [-0.15, -0.1) is 0 Å². The summed E-state index contributed by atoms with van der Waals surface area (Å²) >= 11 is 0. The minimum Gasteiger partial charge on any atom is -0.373 e. The van der Waals surface area contributed by atoms with Crippen LogP contribution in [0.1, 0.15) is 12.0 Å². The third-order valence-corrected chi connectivity index (χ3v) is 2.91. The number of anilines is 1. The van der Waals surface area contributed by atoms with Crippen LogP contribution in [0.4, 0.5) is 5.69 Å². The third kappa shape index (κ3) is 2.36. The summed E-state index contributed by atoms with van der Waals surface area (Å²) < 4.78 is 0. The molecule has 2 rings (SSSR count). The Morgan fingerprint density at radius 3 is 2.33 bits per heavy atom. The summed E-state index contributed by atoms with van der Waals surface area (Å²) in [6, 6.07) is 7.28. The average Bonchev–Trinajstić information content (AvgIpc) is 2.57. The number of benzene rings is 1. The molecular weight excluding hydrogens is 230 g/mol. The van der Waals surface area contributed by atoms with Gasteiger partial charge >= 0.3 is 0 Å². The molecule has 1 heterocycles. The number of nitrogens with zero attached hydrogens (tertiary/aromatic N) is 2. The second kappa shape index (κ2) is 4.78. The van der Waals surface area contributed by atoms with Crippen molar-refractivity contribution >= 4 is 17.5 Å². The van der Waals surface area contributed by atoms with E-state index in [1.165, 1.54) is 10.0 Å². The Bertz CT molecular complexity index is 468. The zero-order chi connectivity index (χ0) is 13.3. The van der Waals surface area contributed by atoms with Gasteiger partial charge in [0.2, 0.25) is 5.91 Å². The number of hydrazine groups is 1. The summed E-state index contributed by atoms with van der Waals surface area (Å²) in [7, 11) is 3.37. The zero-order valence-electron chi connectivity index (χ0n) is 10.8. The molecule has 1 atom stereocenters. The van der Waals surface area contributed by atoms with Crippen LogP contribution in [-0.4, -0.2) is 42.0 Å². The molecule has 1 aromatic carbocycles. The Morgan fingerprint density at radius 2 is 1.83 bits per heavy atom. The minimum atomic E-state index is -0.470. The Morgan fingerprint density at radius 1 is 1.22 bits per heavy atom. The molecular formula is C13H17N3O2. The quantitative estimate of drug-likeness (QED) is 0.810. The average molecular weight is 247 g/mol. The Balaban J connectivity index is 2.10. The molecule has 2 amide bonds. The van der Waals surface area contributed by atoms with Crippen molar-refractivity contribution in [2.75, 3.05) is 19.4 Å². The molecule has 0 spiro atoms. The third-order valence-electron chi connectivity index (χ3n) is 2.91. The summed E-state index contributed by atoms with van der Waals surface area (Å²) in [6.45, 7) is 2.00. The molecule has 0 radical (unpaired) electrons.